The minimum atomic E-state index is 0.177. The van der Waals surface area contributed by atoms with E-state index in [0.29, 0.717) is 11.6 Å². The highest BCUT2D eigenvalue weighted by molar-refractivity contribution is 7.80. The van der Waals surface area contributed by atoms with E-state index in [1.54, 1.807) is 6.20 Å². The molecule has 1 fully saturated rings. The summed E-state index contributed by atoms with van der Waals surface area (Å²) in [6.07, 6.45) is 4.87. The summed E-state index contributed by atoms with van der Waals surface area (Å²) in [6.45, 7) is 0.679. The highest BCUT2D eigenvalue weighted by atomic mass is 32.1. The summed E-state index contributed by atoms with van der Waals surface area (Å²) < 4.78 is 5.99. The molecule has 0 atom stereocenters. The molecule has 0 spiro atoms. The van der Waals surface area contributed by atoms with Gasteiger partial charge in [-0.25, -0.2) is 0 Å². The Hall–Kier alpha value is -1.68. The van der Waals surface area contributed by atoms with Crippen LogP contribution in [0, 0.1) is 5.41 Å². The fraction of sp³-hybridized carbons (Fsp3) is 0.333. The highest BCUT2D eigenvalue weighted by Gasteiger charge is 2.43. The molecule has 98 valence electrons. The van der Waals surface area contributed by atoms with Gasteiger partial charge in [0.15, 0.2) is 0 Å². The maximum absolute atomic E-state index is 5.99. The SMILES string of the molecule is NC(=S)CC1(COc2cccc3ncccc23)CC1. The number of nitrogens with two attached hydrogens (primary N) is 1. The Morgan fingerprint density at radius 3 is 2.89 bits per heavy atom. The third-order valence-corrected chi connectivity index (χ3v) is 3.79. The number of pyridine rings is 1. The average Bonchev–Trinajstić information content (AvgIpc) is 3.15. The van der Waals surface area contributed by atoms with Gasteiger partial charge in [-0.3, -0.25) is 4.98 Å². The van der Waals surface area contributed by atoms with Crippen molar-refractivity contribution in [1.29, 1.82) is 0 Å². The van der Waals surface area contributed by atoms with E-state index < -0.39 is 0 Å². The molecule has 0 bridgehead atoms. The van der Waals surface area contributed by atoms with Crippen LogP contribution in [0.5, 0.6) is 5.75 Å². The molecular weight excluding hydrogens is 256 g/mol. The first kappa shape index (κ1) is 12.4. The van der Waals surface area contributed by atoms with E-state index >= 15 is 0 Å². The number of benzene rings is 1. The molecule has 2 N–H and O–H groups in total. The summed E-state index contributed by atoms with van der Waals surface area (Å²) >= 11 is 5.00. The zero-order chi connectivity index (χ0) is 13.3. The Morgan fingerprint density at radius 2 is 2.16 bits per heavy atom. The number of fused-ring (bicyclic) bond motifs is 1. The van der Waals surface area contributed by atoms with Gasteiger partial charge in [0.2, 0.25) is 0 Å². The fourth-order valence-corrected chi connectivity index (χ4v) is 2.66. The van der Waals surface area contributed by atoms with Crippen molar-refractivity contribution < 1.29 is 4.74 Å². The van der Waals surface area contributed by atoms with E-state index in [1.807, 2.05) is 30.3 Å². The molecule has 3 rings (SSSR count). The number of thiocarbonyl (C=S) groups is 1. The van der Waals surface area contributed by atoms with Gasteiger partial charge in [0.25, 0.3) is 0 Å². The molecule has 4 heteroatoms. The fourth-order valence-electron chi connectivity index (χ4n) is 2.35. The van der Waals surface area contributed by atoms with Crippen molar-refractivity contribution in [2.75, 3.05) is 6.61 Å². The first-order chi connectivity index (χ1) is 9.19. The number of hydrogen-bond acceptors (Lipinski definition) is 3. The van der Waals surface area contributed by atoms with Gasteiger partial charge < -0.3 is 10.5 Å². The molecule has 0 amide bonds. The zero-order valence-corrected chi connectivity index (χ0v) is 11.5. The van der Waals surface area contributed by atoms with Gasteiger partial charge in [-0.1, -0.05) is 18.3 Å². The van der Waals surface area contributed by atoms with Crippen LogP contribution >= 0.6 is 12.2 Å². The van der Waals surface area contributed by atoms with Gasteiger partial charge in [0.05, 0.1) is 17.1 Å². The Morgan fingerprint density at radius 1 is 1.32 bits per heavy atom. The first-order valence-corrected chi connectivity index (χ1v) is 6.84. The lowest BCUT2D eigenvalue weighted by molar-refractivity contribution is 0.241. The van der Waals surface area contributed by atoms with Crippen LogP contribution in [-0.4, -0.2) is 16.6 Å². The molecule has 0 aliphatic heterocycles. The number of hydrogen-bond donors (Lipinski definition) is 1. The summed E-state index contributed by atoms with van der Waals surface area (Å²) in [4.78, 5) is 4.91. The van der Waals surface area contributed by atoms with Crippen molar-refractivity contribution in [1.82, 2.24) is 4.98 Å². The standard InChI is InChI=1S/C15H16N2OS/c16-14(19)9-15(6-7-15)10-18-13-5-1-4-12-11(13)3-2-8-17-12/h1-5,8H,6-7,9-10H2,(H2,16,19). The second-order valence-electron chi connectivity index (χ2n) is 5.26. The van der Waals surface area contributed by atoms with Crippen LogP contribution in [-0.2, 0) is 0 Å². The van der Waals surface area contributed by atoms with Gasteiger partial charge in [-0.2, -0.15) is 0 Å². The van der Waals surface area contributed by atoms with E-state index in [9.17, 15) is 0 Å². The molecule has 1 aromatic heterocycles. The van der Waals surface area contributed by atoms with Crippen LogP contribution in [0.15, 0.2) is 36.5 Å². The molecule has 0 unspecified atom stereocenters. The summed E-state index contributed by atoms with van der Waals surface area (Å²) in [7, 11) is 0. The van der Waals surface area contributed by atoms with E-state index in [4.69, 9.17) is 22.7 Å². The summed E-state index contributed by atoms with van der Waals surface area (Å²) in [5, 5.41) is 1.05. The highest BCUT2D eigenvalue weighted by Crippen LogP contribution is 2.49. The molecule has 1 saturated carbocycles. The minimum Gasteiger partial charge on any atom is -0.492 e. The van der Waals surface area contributed by atoms with Crippen molar-refractivity contribution in [3.05, 3.63) is 36.5 Å². The molecule has 1 aliphatic rings. The van der Waals surface area contributed by atoms with Crippen LogP contribution in [0.25, 0.3) is 10.9 Å². The van der Waals surface area contributed by atoms with Crippen LogP contribution in [0.1, 0.15) is 19.3 Å². The predicted octanol–water partition coefficient (Wildman–Crippen LogP) is 3.07. The summed E-state index contributed by atoms with van der Waals surface area (Å²) in [5.41, 5.74) is 6.78. The maximum atomic E-state index is 5.99. The van der Waals surface area contributed by atoms with Crippen LogP contribution in [0.4, 0.5) is 0 Å². The van der Waals surface area contributed by atoms with Crippen molar-refractivity contribution in [2.45, 2.75) is 19.3 Å². The number of nitrogens with zero attached hydrogens (tertiary/aromatic N) is 1. The van der Waals surface area contributed by atoms with Gasteiger partial charge in [-0.15, -0.1) is 0 Å². The largest absolute Gasteiger partial charge is 0.492 e. The van der Waals surface area contributed by atoms with E-state index in [-0.39, 0.29) is 5.41 Å². The Labute approximate surface area is 117 Å². The monoisotopic (exact) mass is 272 g/mol. The normalized spacial score (nSPS) is 16.2. The van der Waals surface area contributed by atoms with Crippen LogP contribution < -0.4 is 10.5 Å². The molecule has 2 aromatic rings. The smallest absolute Gasteiger partial charge is 0.128 e. The van der Waals surface area contributed by atoms with E-state index in [0.717, 1.165) is 35.9 Å². The quantitative estimate of drug-likeness (QED) is 0.850. The van der Waals surface area contributed by atoms with Crippen molar-refractivity contribution in [3.63, 3.8) is 0 Å². The van der Waals surface area contributed by atoms with E-state index in [1.165, 1.54) is 0 Å². The lowest BCUT2D eigenvalue weighted by atomic mass is 10.0. The average molecular weight is 272 g/mol. The van der Waals surface area contributed by atoms with Gasteiger partial charge in [-0.05, 0) is 37.1 Å². The minimum absolute atomic E-state index is 0.177. The second kappa shape index (κ2) is 4.78. The third kappa shape index (κ3) is 2.68. The number of rotatable bonds is 5. The summed E-state index contributed by atoms with van der Waals surface area (Å²) in [6, 6.07) is 9.91. The van der Waals surface area contributed by atoms with Crippen LogP contribution in [0.3, 0.4) is 0 Å². The van der Waals surface area contributed by atoms with Crippen molar-refractivity contribution >= 4 is 28.1 Å². The molecule has 0 radical (unpaired) electrons. The topological polar surface area (TPSA) is 48.1 Å². The Balaban J connectivity index is 1.77. The lowest BCUT2D eigenvalue weighted by Gasteiger charge is -2.16. The molecule has 1 aliphatic carbocycles. The third-order valence-electron chi connectivity index (χ3n) is 3.65. The molecular formula is C15H16N2OS. The van der Waals surface area contributed by atoms with Crippen molar-refractivity contribution in [3.8, 4) is 5.75 Å². The number of ether oxygens (including phenoxy) is 1. The predicted molar refractivity (Wildman–Crippen MR) is 80.3 cm³/mol. The Bertz CT molecular complexity index is 617. The van der Waals surface area contributed by atoms with Crippen LogP contribution in [0.2, 0.25) is 0 Å². The molecule has 19 heavy (non-hydrogen) atoms. The molecule has 1 heterocycles. The van der Waals surface area contributed by atoms with Gasteiger partial charge in [0, 0.05) is 23.4 Å². The van der Waals surface area contributed by atoms with E-state index in [2.05, 4.69) is 4.98 Å². The molecule has 1 aromatic carbocycles. The second-order valence-corrected chi connectivity index (χ2v) is 5.78. The van der Waals surface area contributed by atoms with Gasteiger partial charge in [0.1, 0.15) is 5.75 Å². The molecule has 3 nitrogen and oxygen atoms in total. The first-order valence-electron chi connectivity index (χ1n) is 6.43. The van der Waals surface area contributed by atoms with Crippen molar-refractivity contribution in [2.24, 2.45) is 11.1 Å². The lowest BCUT2D eigenvalue weighted by Crippen LogP contribution is -2.21. The molecule has 0 saturated heterocycles. The Kier molecular flexibility index (Phi) is 3.11. The number of aromatic nitrogens is 1. The maximum Gasteiger partial charge on any atom is 0.128 e. The van der Waals surface area contributed by atoms with Gasteiger partial charge >= 0.3 is 0 Å². The zero-order valence-electron chi connectivity index (χ0n) is 10.6. The summed E-state index contributed by atoms with van der Waals surface area (Å²) in [5.74, 6) is 0.889.